The van der Waals surface area contributed by atoms with Gasteiger partial charge in [0.2, 0.25) is 0 Å². The molecule has 1 fully saturated rings. The number of nitrogens with one attached hydrogen (secondary N) is 2. The molecule has 0 radical (unpaired) electrons. The average molecular weight is 277 g/mol. The molecule has 2 N–H and O–H groups in total. The topological polar surface area (TPSA) is 54.2 Å². The monoisotopic (exact) mass is 277 g/mol. The first-order chi connectivity index (χ1) is 9.79. The number of unbranched alkanes of at least 4 members (excludes halogenated alkanes) is 1. The van der Waals surface area contributed by atoms with Gasteiger partial charge in [0.05, 0.1) is 0 Å². The predicted molar refractivity (Wildman–Crippen MR) is 82.9 cm³/mol. The molecule has 0 aliphatic heterocycles. The Morgan fingerprint density at radius 1 is 1.40 bits per heavy atom. The Morgan fingerprint density at radius 2 is 2.25 bits per heavy atom. The molecule has 1 aromatic heterocycles. The second-order valence-corrected chi connectivity index (χ2v) is 5.46. The summed E-state index contributed by atoms with van der Waals surface area (Å²) in [7, 11) is 0. The lowest BCUT2D eigenvalue weighted by Gasteiger charge is -2.11. The summed E-state index contributed by atoms with van der Waals surface area (Å²) in [6.07, 6.45) is 8.92. The summed E-state index contributed by atoms with van der Waals surface area (Å²) in [5, 5.41) is 6.72. The number of rotatable bonds is 8. The van der Waals surface area contributed by atoms with Crippen molar-refractivity contribution in [3.05, 3.63) is 18.2 Å². The van der Waals surface area contributed by atoms with Gasteiger partial charge in [-0.05, 0) is 45.4 Å². The molecule has 0 aromatic carbocycles. The molecule has 2 rings (SSSR count). The lowest BCUT2D eigenvalue weighted by atomic mass is 10.3. The number of aromatic nitrogens is 2. The normalized spacial score (nSPS) is 15.4. The highest BCUT2D eigenvalue weighted by molar-refractivity contribution is 5.79. The lowest BCUT2D eigenvalue weighted by Crippen LogP contribution is -2.38. The van der Waals surface area contributed by atoms with Crippen LogP contribution >= 0.6 is 0 Å². The van der Waals surface area contributed by atoms with Crippen LogP contribution in [0.15, 0.2) is 17.4 Å². The summed E-state index contributed by atoms with van der Waals surface area (Å²) in [5.41, 5.74) is 0. The van der Waals surface area contributed by atoms with Crippen LogP contribution in [-0.2, 0) is 6.54 Å². The van der Waals surface area contributed by atoms with Crippen molar-refractivity contribution < 1.29 is 0 Å². The minimum atomic E-state index is 0.842. The van der Waals surface area contributed by atoms with Crippen molar-refractivity contribution in [1.29, 1.82) is 0 Å². The van der Waals surface area contributed by atoms with E-state index in [2.05, 4.69) is 32.1 Å². The van der Waals surface area contributed by atoms with Gasteiger partial charge >= 0.3 is 0 Å². The van der Waals surface area contributed by atoms with E-state index in [-0.39, 0.29) is 0 Å². The molecule has 20 heavy (non-hydrogen) atoms. The van der Waals surface area contributed by atoms with Crippen molar-refractivity contribution >= 4 is 5.96 Å². The molecule has 0 bridgehead atoms. The number of aliphatic imine (C=N–C) groups is 1. The van der Waals surface area contributed by atoms with Gasteiger partial charge in [0.15, 0.2) is 5.96 Å². The molecule has 1 aromatic rings. The third-order valence-electron chi connectivity index (χ3n) is 3.59. The van der Waals surface area contributed by atoms with Crippen molar-refractivity contribution in [1.82, 2.24) is 20.2 Å². The van der Waals surface area contributed by atoms with E-state index >= 15 is 0 Å². The summed E-state index contributed by atoms with van der Waals surface area (Å²) in [6, 6.07) is 0. The standard InChI is InChI=1S/C15H27N5/c1-3-16-15(19-12-14-6-7-14)18-8-4-5-10-20-11-9-17-13(20)2/h9,11,14H,3-8,10,12H2,1-2H3,(H2,16,18,19). The number of guanidine groups is 1. The Kier molecular flexibility index (Phi) is 5.89. The summed E-state index contributed by atoms with van der Waals surface area (Å²) < 4.78 is 2.20. The summed E-state index contributed by atoms with van der Waals surface area (Å²) in [6.45, 7) is 8.07. The first kappa shape index (κ1) is 14.9. The van der Waals surface area contributed by atoms with Crippen LogP contribution in [0.25, 0.3) is 0 Å². The zero-order chi connectivity index (χ0) is 14.2. The van der Waals surface area contributed by atoms with Crippen molar-refractivity contribution in [2.75, 3.05) is 19.6 Å². The molecule has 0 unspecified atom stereocenters. The molecule has 1 aliphatic rings. The molecule has 5 nitrogen and oxygen atoms in total. The highest BCUT2D eigenvalue weighted by atomic mass is 15.2. The van der Waals surface area contributed by atoms with E-state index in [0.717, 1.165) is 56.7 Å². The minimum Gasteiger partial charge on any atom is -0.357 e. The van der Waals surface area contributed by atoms with Crippen molar-refractivity contribution in [2.24, 2.45) is 10.9 Å². The highest BCUT2D eigenvalue weighted by Crippen LogP contribution is 2.28. The van der Waals surface area contributed by atoms with E-state index in [1.165, 1.54) is 12.8 Å². The van der Waals surface area contributed by atoms with E-state index in [1.54, 1.807) is 0 Å². The summed E-state index contributed by atoms with van der Waals surface area (Å²) in [5.74, 6) is 2.91. The lowest BCUT2D eigenvalue weighted by molar-refractivity contribution is 0.588. The van der Waals surface area contributed by atoms with Gasteiger partial charge in [-0.2, -0.15) is 0 Å². The second-order valence-electron chi connectivity index (χ2n) is 5.46. The Hall–Kier alpha value is -1.52. The Bertz CT molecular complexity index is 420. The van der Waals surface area contributed by atoms with Gasteiger partial charge in [-0.1, -0.05) is 0 Å². The van der Waals surface area contributed by atoms with Crippen molar-refractivity contribution in [3.63, 3.8) is 0 Å². The van der Waals surface area contributed by atoms with Crippen molar-refractivity contribution in [3.8, 4) is 0 Å². The smallest absolute Gasteiger partial charge is 0.191 e. The third kappa shape index (κ3) is 5.23. The minimum absolute atomic E-state index is 0.842. The number of imidazole rings is 1. The van der Waals surface area contributed by atoms with Crippen LogP contribution in [0.4, 0.5) is 0 Å². The van der Waals surface area contributed by atoms with Crippen LogP contribution in [0, 0.1) is 12.8 Å². The predicted octanol–water partition coefficient (Wildman–Crippen LogP) is 1.94. The molecule has 0 amide bonds. The molecule has 112 valence electrons. The van der Waals surface area contributed by atoms with Gasteiger partial charge < -0.3 is 15.2 Å². The zero-order valence-corrected chi connectivity index (χ0v) is 12.7. The van der Waals surface area contributed by atoms with Crippen LogP contribution in [-0.4, -0.2) is 35.1 Å². The zero-order valence-electron chi connectivity index (χ0n) is 12.7. The van der Waals surface area contributed by atoms with E-state index in [4.69, 9.17) is 0 Å². The molecular weight excluding hydrogens is 250 g/mol. The number of aryl methyl sites for hydroxylation is 2. The van der Waals surface area contributed by atoms with Crippen LogP contribution in [0.5, 0.6) is 0 Å². The fourth-order valence-electron chi connectivity index (χ4n) is 2.12. The first-order valence-corrected chi connectivity index (χ1v) is 7.79. The maximum Gasteiger partial charge on any atom is 0.191 e. The van der Waals surface area contributed by atoms with Gasteiger partial charge in [-0.25, -0.2) is 4.98 Å². The fourth-order valence-corrected chi connectivity index (χ4v) is 2.12. The van der Waals surface area contributed by atoms with Gasteiger partial charge in [0.25, 0.3) is 0 Å². The Labute approximate surface area is 121 Å². The van der Waals surface area contributed by atoms with Crippen LogP contribution in [0.3, 0.4) is 0 Å². The van der Waals surface area contributed by atoms with Crippen molar-refractivity contribution in [2.45, 2.75) is 46.1 Å². The number of nitrogens with zero attached hydrogens (tertiary/aromatic N) is 3. The molecule has 0 atom stereocenters. The van der Waals surface area contributed by atoms with E-state index in [9.17, 15) is 0 Å². The van der Waals surface area contributed by atoms with Gasteiger partial charge in [-0.3, -0.25) is 4.99 Å². The Balaban J connectivity index is 1.60. The largest absolute Gasteiger partial charge is 0.357 e. The molecular formula is C15H27N5. The fraction of sp³-hybridized carbons (Fsp3) is 0.733. The van der Waals surface area contributed by atoms with Gasteiger partial charge in [0.1, 0.15) is 5.82 Å². The highest BCUT2D eigenvalue weighted by Gasteiger charge is 2.20. The van der Waals surface area contributed by atoms with Gasteiger partial charge in [0, 0.05) is 38.6 Å². The Morgan fingerprint density at radius 3 is 2.90 bits per heavy atom. The maximum atomic E-state index is 4.62. The summed E-state index contributed by atoms with van der Waals surface area (Å²) >= 11 is 0. The summed E-state index contributed by atoms with van der Waals surface area (Å²) in [4.78, 5) is 8.85. The molecule has 1 heterocycles. The molecule has 0 saturated heterocycles. The average Bonchev–Trinajstić information content (AvgIpc) is 3.18. The quantitative estimate of drug-likeness (QED) is 0.434. The molecule has 5 heteroatoms. The SMILES string of the molecule is CCNC(=NCC1CC1)NCCCCn1ccnc1C. The van der Waals surface area contributed by atoms with Gasteiger partial charge in [-0.15, -0.1) is 0 Å². The maximum absolute atomic E-state index is 4.62. The first-order valence-electron chi connectivity index (χ1n) is 7.79. The molecule has 0 spiro atoms. The second kappa shape index (κ2) is 7.92. The van der Waals surface area contributed by atoms with Crippen LogP contribution < -0.4 is 10.6 Å². The van der Waals surface area contributed by atoms with E-state index in [0.29, 0.717) is 0 Å². The third-order valence-corrected chi connectivity index (χ3v) is 3.59. The van der Waals surface area contributed by atoms with E-state index in [1.807, 2.05) is 19.3 Å². The molecule has 1 aliphatic carbocycles. The number of hydrogen-bond donors (Lipinski definition) is 2. The van der Waals surface area contributed by atoms with Crippen LogP contribution in [0.1, 0.15) is 38.4 Å². The number of hydrogen-bond acceptors (Lipinski definition) is 2. The molecule has 1 saturated carbocycles. The van der Waals surface area contributed by atoms with Crippen LogP contribution in [0.2, 0.25) is 0 Å². The van der Waals surface area contributed by atoms with E-state index < -0.39 is 0 Å².